The first-order valence-corrected chi connectivity index (χ1v) is 11.0. The van der Waals surface area contributed by atoms with E-state index in [1.165, 1.54) is 24.7 Å². The molecule has 4 aromatic heterocycles. The zero-order valence-electron chi connectivity index (χ0n) is 18.3. The van der Waals surface area contributed by atoms with Crippen molar-refractivity contribution in [2.75, 3.05) is 11.1 Å². The van der Waals surface area contributed by atoms with E-state index in [1.807, 2.05) is 30.3 Å². The summed E-state index contributed by atoms with van der Waals surface area (Å²) in [6, 6.07) is 10.6. The molecule has 5 aromatic rings. The fraction of sp³-hybridized carbons (Fsp3) is 0.120. The third-order valence-electron chi connectivity index (χ3n) is 5.80. The molecule has 0 radical (unpaired) electrons. The fourth-order valence-electron chi connectivity index (χ4n) is 4.01. The van der Waals surface area contributed by atoms with Gasteiger partial charge in [0.15, 0.2) is 17.2 Å². The van der Waals surface area contributed by atoms with Crippen LogP contribution in [-0.2, 0) is 0 Å². The van der Waals surface area contributed by atoms with Crippen molar-refractivity contribution in [3.63, 3.8) is 0 Å². The van der Waals surface area contributed by atoms with Crippen molar-refractivity contribution in [2.45, 2.75) is 18.8 Å². The van der Waals surface area contributed by atoms with Crippen LogP contribution in [0.15, 0.2) is 65.7 Å². The molecule has 0 atom stereocenters. The summed E-state index contributed by atoms with van der Waals surface area (Å²) in [5, 5.41) is 3.55. The summed E-state index contributed by atoms with van der Waals surface area (Å²) in [6.07, 6.45) is 7.61. The number of aromatic nitrogens is 5. The molecule has 1 aliphatic rings. The average Bonchev–Trinajstić information content (AvgIpc) is 3.55. The largest absolute Gasteiger partial charge is 0.443 e. The number of pyridine rings is 2. The van der Waals surface area contributed by atoms with Crippen LogP contribution in [0.25, 0.3) is 33.7 Å². The number of amides is 1. The molecule has 1 fully saturated rings. The molecule has 6 rings (SSSR count). The molecule has 3 N–H and O–H groups in total. The van der Waals surface area contributed by atoms with Gasteiger partial charge >= 0.3 is 0 Å². The third kappa shape index (κ3) is 3.84. The Morgan fingerprint density at radius 1 is 1.03 bits per heavy atom. The number of halogens is 1. The second kappa shape index (κ2) is 8.24. The molecular weight excluding hydrogens is 449 g/mol. The second-order valence-corrected chi connectivity index (χ2v) is 8.19. The first-order valence-electron chi connectivity index (χ1n) is 11.0. The molecule has 0 spiro atoms. The topological polar surface area (TPSA) is 133 Å². The molecular formula is C25H18FN7O2. The van der Waals surface area contributed by atoms with Gasteiger partial charge in [-0.2, -0.15) is 0 Å². The number of nitrogen functional groups attached to an aromatic ring is 1. The highest BCUT2D eigenvalue weighted by Crippen LogP contribution is 2.44. The van der Waals surface area contributed by atoms with Gasteiger partial charge in [-0.15, -0.1) is 0 Å². The monoisotopic (exact) mass is 467 g/mol. The lowest BCUT2D eigenvalue weighted by Crippen LogP contribution is -2.20. The lowest BCUT2D eigenvalue weighted by atomic mass is 10.1. The van der Waals surface area contributed by atoms with E-state index in [0.717, 1.165) is 23.7 Å². The SMILES string of the molecule is Nc1nc(-c2ncco2)c(-c2ccc3ncccc3c2)nc1C(=O)Nc1nccc(F)c1C1CC1. The average molecular weight is 467 g/mol. The second-order valence-electron chi connectivity index (χ2n) is 8.19. The van der Waals surface area contributed by atoms with Crippen molar-refractivity contribution in [1.82, 2.24) is 24.9 Å². The summed E-state index contributed by atoms with van der Waals surface area (Å²) in [5.74, 6) is -0.754. The quantitative estimate of drug-likeness (QED) is 0.383. The van der Waals surface area contributed by atoms with E-state index in [0.29, 0.717) is 16.8 Å². The first-order chi connectivity index (χ1) is 17.1. The van der Waals surface area contributed by atoms with Gasteiger partial charge in [0.2, 0.25) is 5.89 Å². The van der Waals surface area contributed by atoms with Gasteiger partial charge in [-0.05, 0) is 43.0 Å². The number of nitrogens with zero attached hydrogens (tertiary/aromatic N) is 5. The predicted octanol–water partition coefficient (Wildman–Crippen LogP) is 4.59. The van der Waals surface area contributed by atoms with Crippen LogP contribution in [-0.4, -0.2) is 30.8 Å². The summed E-state index contributed by atoms with van der Waals surface area (Å²) in [6.45, 7) is 0. The Labute approximate surface area is 198 Å². The Balaban J connectivity index is 1.46. The summed E-state index contributed by atoms with van der Waals surface area (Å²) < 4.78 is 19.9. The molecule has 4 heterocycles. The number of nitrogens with one attached hydrogen (secondary N) is 1. The van der Waals surface area contributed by atoms with Gasteiger partial charge in [-0.1, -0.05) is 12.1 Å². The van der Waals surface area contributed by atoms with Crippen molar-refractivity contribution in [3.05, 3.63) is 78.3 Å². The van der Waals surface area contributed by atoms with Crippen LogP contribution in [0.5, 0.6) is 0 Å². The summed E-state index contributed by atoms with van der Waals surface area (Å²) in [7, 11) is 0. The van der Waals surface area contributed by atoms with Crippen LogP contribution in [0.2, 0.25) is 0 Å². The van der Waals surface area contributed by atoms with Gasteiger partial charge in [-0.3, -0.25) is 9.78 Å². The number of hydrogen-bond donors (Lipinski definition) is 2. The van der Waals surface area contributed by atoms with Crippen molar-refractivity contribution in [2.24, 2.45) is 0 Å². The summed E-state index contributed by atoms with van der Waals surface area (Å²) in [4.78, 5) is 34.9. The van der Waals surface area contributed by atoms with Crippen LogP contribution < -0.4 is 11.1 Å². The molecule has 0 bridgehead atoms. The highest BCUT2D eigenvalue weighted by molar-refractivity contribution is 6.06. The summed E-state index contributed by atoms with van der Waals surface area (Å²) in [5.41, 5.74) is 8.55. The van der Waals surface area contributed by atoms with E-state index in [2.05, 4.69) is 30.2 Å². The zero-order chi connectivity index (χ0) is 23.9. The van der Waals surface area contributed by atoms with Crippen LogP contribution in [0.3, 0.4) is 0 Å². The van der Waals surface area contributed by atoms with Crippen molar-refractivity contribution >= 4 is 28.4 Å². The molecule has 9 nitrogen and oxygen atoms in total. The van der Waals surface area contributed by atoms with E-state index in [1.54, 1.807) is 6.20 Å². The molecule has 172 valence electrons. The molecule has 35 heavy (non-hydrogen) atoms. The van der Waals surface area contributed by atoms with Gasteiger partial charge < -0.3 is 15.5 Å². The van der Waals surface area contributed by atoms with Crippen molar-refractivity contribution < 1.29 is 13.6 Å². The number of nitrogens with two attached hydrogens (primary N) is 1. The van der Waals surface area contributed by atoms with Crippen LogP contribution in [0.1, 0.15) is 34.8 Å². The van der Waals surface area contributed by atoms with Crippen LogP contribution in [0.4, 0.5) is 16.0 Å². The number of hydrogen-bond acceptors (Lipinski definition) is 8. The van der Waals surface area contributed by atoms with Crippen molar-refractivity contribution in [1.29, 1.82) is 0 Å². The number of carbonyl (C=O) groups excluding carboxylic acids is 1. The number of benzene rings is 1. The van der Waals surface area contributed by atoms with Crippen LogP contribution >= 0.6 is 0 Å². The number of carbonyl (C=O) groups is 1. The Morgan fingerprint density at radius 3 is 2.71 bits per heavy atom. The van der Waals surface area contributed by atoms with Gasteiger partial charge in [0.1, 0.15) is 23.6 Å². The zero-order valence-corrected chi connectivity index (χ0v) is 18.3. The lowest BCUT2D eigenvalue weighted by Gasteiger charge is -2.13. The number of oxazole rings is 1. The normalized spacial score (nSPS) is 13.2. The minimum absolute atomic E-state index is 0.0385. The third-order valence-corrected chi connectivity index (χ3v) is 5.80. The van der Waals surface area contributed by atoms with E-state index >= 15 is 0 Å². The van der Waals surface area contributed by atoms with Gasteiger partial charge in [0, 0.05) is 28.9 Å². The van der Waals surface area contributed by atoms with E-state index < -0.39 is 11.7 Å². The molecule has 10 heteroatoms. The smallest absolute Gasteiger partial charge is 0.279 e. The van der Waals surface area contributed by atoms with E-state index in [-0.39, 0.29) is 34.8 Å². The number of anilines is 2. The molecule has 0 saturated heterocycles. The van der Waals surface area contributed by atoms with Gasteiger partial charge in [0.25, 0.3) is 5.91 Å². The van der Waals surface area contributed by atoms with Crippen LogP contribution in [0, 0.1) is 5.82 Å². The standard InChI is InChI=1S/C25H18FN7O2/c26-16-7-9-29-23(18(16)13-3-4-13)33-24(34)21-22(27)32-20(25-30-10-11-35-25)19(31-21)15-5-6-17-14(12-15)2-1-8-28-17/h1-2,5-13H,3-4H2,(H2,27,32)(H,29,33,34). The Morgan fingerprint density at radius 2 is 1.91 bits per heavy atom. The van der Waals surface area contributed by atoms with E-state index in [9.17, 15) is 9.18 Å². The van der Waals surface area contributed by atoms with Gasteiger partial charge in [-0.25, -0.2) is 24.3 Å². The molecule has 1 aliphatic carbocycles. The maximum atomic E-state index is 14.4. The maximum absolute atomic E-state index is 14.4. The molecule has 0 unspecified atom stereocenters. The maximum Gasteiger partial charge on any atom is 0.279 e. The number of fused-ring (bicyclic) bond motifs is 1. The van der Waals surface area contributed by atoms with Gasteiger partial charge in [0.05, 0.1) is 11.7 Å². The Kier molecular flexibility index (Phi) is 4.91. The molecule has 0 aliphatic heterocycles. The lowest BCUT2D eigenvalue weighted by molar-refractivity contribution is 0.102. The number of rotatable bonds is 5. The first kappa shape index (κ1) is 20.8. The highest BCUT2D eigenvalue weighted by Gasteiger charge is 2.31. The predicted molar refractivity (Wildman–Crippen MR) is 127 cm³/mol. The highest BCUT2D eigenvalue weighted by atomic mass is 19.1. The molecule has 1 saturated carbocycles. The van der Waals surface area contributed by atoms with E-state index in [4.69, 9.17) is 10.2 Å². The molecule has 1 aromatic carbocycles. The Hall–Kier alpha value is -4.73. The summed E-state index contributed by atoms with van der Waals surface area (Å²) >= 11 is 0. The Bertz CT molecular complexity index is 1580. The minimum atomic E-state index is -0.641. The van der Waals surface area contributed by atoms with Crippen molar-refractivity contribution in [3.8, 4) is 22.8 Å². The minimum Gasteiger partial charge on any atom is -0.443 e. The fourth-order valence-corrected chi connectivity index (χ4v) is 4.01. The molecule has 1 amide bonds.